The number of nitrogens with zero attached hydrogens (tertiary/aromatic N) is 4. The molecule has 6 nitrogen and oxygen atoms in total. The van der Waals surface area contributed by atoms with Crippen LogP contribution in [0, 0.1) is 13.8 Å². The summed E-state index contributed by atoms with van der Waals surface area (Å²) < 4.78 is 7.83. The number of fused-ring (bicyclic) bond motifs is 1. The van der Waals surface area contributed by atoms with Crippen molar-refractivity contribution < 1.29 is 9.53 Å². The summed E-state index contributed by atoms with van der Waals surface area (Å²) >= 11 is 0. The number of para-hydroxylation sites is 1. The van der Waals surface area contributed by atoms with Gasteiger partial charge >= 0.3 is 6.09 Å². The van der Waals surface area contributed by atoms with E-state index in [-0.39, 0.29) is 0 Å². The number of carbonyl (C=O) groups excluding carboxylic acids is 1. The van der Waals surface area contributed by atoms with Crippen molar-refractivity contribution in [1.29, 1.82) is 0 Å². The van der Waals surface area contributed by atoms with Crippen LogP contribution in [0.25, 0.3) is 16.9 Å². The van der Waals surface area contributed by atoms with E-state index in [4.69, 9.17) is 9.72 Å². The van der Waals surface area contributed by atoms with Crippen molar-refractivity contribution in [1.82, 2.24) is 14.5 Å². The molecule has 2 aromatic carbocycles. The Morgan fingerprint density at radius 3 is 2.48 bits per heavy atom. The molecule has 0 atom stereocenters. The van der Waals surface area contributed by atoms with Gasteiger partial charge in [0.05, 0.1) is 11.2 Å². The monoisotopic (exact) mass is 414 g/mol. The van der Waals surface area contributed by atoms with Crippen molar-refractivity contribution in [3.63, 3.8) is 0 Å². The Kier molecular flexibility index (Phi) is 5.71. The zero-order valence-corrected chi connectivity index (χ0v) is 18.3. The van der Waals surface area contributed by atoms with Gasteiger partial charge in [0.2, 0.25) is 0 Å². The summed E-state index contributed by atoms with van der Waals surface area (Å²) in [7, 11) is 0. The number of benzene rings is 2. The summed E-state index contributed by atoms with van der Waals surface area (Å²) in [6.45, 7) is 8.55. The lowest BCUT2D eigenvalue weighted by molar-refractivity contribution is 0.208. The molecule has 0 saturated heterocycles. The van der Waals surface area contributed by atoms with Gasteiger partial charge in [-0.2, -0.15) is 0 Å². The smallest absolute Gasteiger partial charge is 0.410 e. The lowest BCUT2D eigenvalue weighted by Crippen LogP contribution is -2.33. The molecule has 2 heterocycles. The molecule has 4 rings (SSSR count). The summed E-state index contributed by atoms with van der Waals surface area (Å²) in [5.41, 5.74) is 5.46. The van der Waals surface area contributed by atoms with Crippen LogP contribution in [0.2, 0.25) is 0 Å². The van der Waals surface area contributed by atoms with Crippen molar-refractivity contribution in [2.24, 2.45) is 0 Å². The lowest BCUT2D eigenvalue weighted by atomic mass is 10.2. The molecule has 0 spiro atoms. The molecule has 0 bridgehead atoms. The fourth-order valence-electron chi connectivity index (χ4n) is 3.85. The molecule has 1 amide bonds. The average Bonchev–Trinajstić information content (AvgIpc) is 3.14. The SMILES string of the molecule is CCc1nc2nc(C)cc(C)c2n1-c1cccc(OC(=O)N(CC)c2ccccc2)c1. The zero-order valence-electron chi connectivity index (χ0n) is 18.3. The molecule has 0 fully saturated rings. The lowest BCUT2D eigenvalue weighted by Gasteiger charge is -2.20. The molecule has 0 radical (unpaired) electrons. The molecule has 0 unspecified atom stereocenters. The minimum Gasteiger partial charge on any atom is -0.410 e. The van der Waals surface area contributed by atoms with Gasteiger partial charge in [-0.25, -0.2) is 14.8 Å². The predicted octanol–water partition coefficient (Wildman–Crippen LogP) is 5.63. The Morgan fingerprint density at radius 2 is 1.77 bits per heavy atom. The van der Waals surface area contributed by atoms with Crippen molar-refractivity contribution in [2.75, 3.05) is 11.4 Å². The van der Waals surface area contributed by atoms with Crippen LogP contribution >= 0.6 is 0 Å². The van der Waals surface area contributed by atoms with E-state index in [9.17, 15) is 4.79 Å². The number of hydrogen-bond acceptors (Lipinski definition) is 4. The van der Waals surface area contributed by atoms with Gasteiger partial charge in [0.25, 0.3) is 0 Å². The normalized spacial score (nSPS) is 11.0. The maximum absolute atomic E-state index is 12.8. The molecule has 6 heteroatoms. The van der Waals surface area contributed by atoms with Crippen molar-refractivity contribution in [2.45, 2.75) is 34.1 Å². The van der Waals surface area contributed by atoms with E-state index in [1.165, 1.54) is 0 Å². The number of amides is 1. The van der Waals surface area contributed by atoms with E-state index in [1.54, 1.807) is 11.0 Å². The first-order valence-corrected chi connectivity index (χ1v) is 10.5. The van der Waals surface area contributed by atoms with Crippen LogP contribution < -0.4 is 9.64 Å². The van der Waals surface area contributed by atoms with Crippen LogP contribution in [0.1, 0.15) is 30.9 Å². The molecule has 4 aromatic rings. The third-order valence-electron chi connectivity index (χ3n) is 5.21. The second kappa shape index (κ2) is 8.60. The van der Waals surface area contributed by atoms with E-state index in [1.807, 2.05) is 62.4 Å². The quantitative estimate of drug-likeness (QED) is 0.425. The highest BCUT2D eigenvalue weighted by atomic mass is 16.6. The molecule has 2 aromatic heterocycles. The third-order valence-corrected chi connectivity index (χ3v) is 5.21. The summed E-state index contributed by atoms with van der Waals surface area (Å²) in [4.78, 5) is 23.8. The van der Waals surface area contributed by atoms with E-state index in [2.05, 4.69) is 29.5 Å². The minimum absolute atomic E-state index is 0.412. The summed E-state index contributed by atoms with van der Waals surface area (Å²) in [6, 6.07) is 19.1. The third kappa shape index (κ3) is 4.01. The topological polar surface area (TPSA) is 60.2 Å². The second-order valence-corrected chi connectivity index (χ2v) is 7.41. The number of anilines is 1. The largest absolute Gasteiger partial charge is 0.419 e. The van der Waals surface area contributed by atoms with Gasteiger partial charge in [-0.1, -0.05) is 31.2 Å². The second-order valence-electron chi connectivity index (χ2n) is 7.41. The van der Waals surface area contributed by atoms with Crippen LogP contribution in [0.3, 0.4) is 0 Å². The zero-order chi connectivity index (χ0) is 22.0. The maximum Gasteiger partial charge on any atom is 0.419 e. The van der Waals surface area contributed by atoms with Crippen LogP contribution in [-0.4, -0.2) is 27.2 Å². The molecular formula is C25H26N4O2. The van der Waals surface area contributed by atoms with Gasteiger partial charge in [0.15, 0.2) is 5.65 Å². The Balaban J connectivity index is 1.70. The van der Waals surface area contributed by atoms with E-state index in [0.717, 1.165) is 46.0 Å². The maximum atomic E-state index is 12.8. The highest BCUT2D eigenvalue weighted by molar-refractivity contribution is 5.89. The molecular weight excluding hydrogens is 388 g/mol. The Hall–Kier alpha value is -3.67. The van der Waals surface area contributed by atoms with Crippen molar-refractivity contribution in [3.8, 4) is 11.4 Å². The number of carbonyl (C=O) groups is 1. The molecule has 158 valence electrons. The number of ether oxygens (including phenoxy) is 1. The fraction of sp³-hybridized carbons (Fsp3) is 0.240. The highest BCUT2D eigenvalue weighted by Gasteiger charge is 2.18. The summed E-state index contributed by atoms with van der Waals surface area (Å²) in [5, 5.41) is 0. The number of rotatable bonds is 5. The molecule has 31 heavy (non-hydrogen) atoms. The first kappa shape index (κ1) is 20.6. The first-order valence-electron chi connectivity index (χ1n) is 10.5. The van der Waals surface area contributed by atoms with Gasteiger partial charge in [-0.15, -0.1) is 0 Å². The fourth-order valence-corrected chi connectivity index (χ4v) is 3.85. The van der Waals surface area contributed by atoms with Gasteiger partial charge in [-0.05, 0) is 56.7 Å². The molecule has 0 aliphatic heterocycles. The molecule has 0 aliphatic carbocycles. The number of aromatic nitrogens is 3. The Morgan fingerprint density at radius 1 is 1.00 bits per heavy atom. The molecule has 0 aliphatic rings. The summed E-state index contributed by atoms with van der Waals surface area (Å²) in [6.07, 6.45) is 0.349. The Labute approximate surface area is 182 Å². The van der Waals surface area contributed by atoms with Crippen LogP contribution in [0.4, 0.5) is 10.5 Å². The predicted molar refractivity (Wildman–Crippen MR) is 123 cm³/mol. The van der Waals surface area contributed by atoms with Gasteiger partial charge in [0, 0.05) is 30.4 Å². The number of pyridine rings is 1. The Bertz CT molecular complexity index is 1230. The highest BCUT2D eigenvalue weighted by Crippen LogP contribution is 2.27. The van der Waals surface area contributed by atoms with Gasteiger partial charge < -0.3 is 4.74 Å². The van der Waals surface area contributed by atoms with E-state index < -0.39 is 6.09 Å². The van der Waals surface area contributed by atoms with Crippen LogP contribution in [0.15, 0.2) is 60.7 Å². The number of hydrogen-bond donors (Lipinski definition) is 0. The van der Waals surface area contributed by atoms with E-state index >= 15 is 0 Å². The average molecular weight is 415 g/mol. The van der Waals surface area contributed by atoms with Crippen LogP contribution in [-0.2, 0) is 6.42 Å². The first-order chi connectivity index (χ1) is 15.0. The number of aryl methyl sites for hydroxylation is 3. The van der Waals surface area contributed by atoms with Crippen LogP contribution in [0.5, 0.6) is 5.75 Å². The molecule has 0 saturated carbocycles. The van der Waals surface area contributed by atoms with Crippen molar-refractivity contribution >= 4 is 22.9 Å². The van der Waals surface area contributed by atoms with Gasteiger partial charge in [0.1, 0.15) is 11.6 Å². The standard InChI is InChI=1S/C25H26N4O2/c1-5-22-27-24-23(17(3)15-18(4)26-24)29(22)20-13-10-14-21(16-20)31-25(30)28(6-2)19-11-8-7-9-12-19/h7-16H,5-6H2,1-4H3. The number of imidazole rings is 1. The van der Waals surface area contributed by atoms with Crippen molar-refractivity contribution in [3.05, 3.63) is 77.7 Å². The molecule has 0 N–H and O–H groups in total. The van der Waals surface area contributed by atoms with Gasteiger partial charge in [-0.3, -0.25) is 9.47 Å². The minimum atomic E-state index is -0.412. The summed E-state index contributed by atoms with van der Waals surface area (Å²) in [5.74, 6) is 1.40. The van der Waals surface area contributed by atoms with E-state index in [0.29, 0.717) is 12.3 Å².